The highest BCUT2D eigenvalue weighted by atomic mass is 16.5. The van der Waals surface area contributed by atoms with Crippen molar-refractivity contribution in [1.82, 2.24) is 0 Å². The maximum Gasteiger partial charge on any atom is 0.122 e. The molecule has 1 aliphatic rings. The zero-order valence-corrected chi connectivity index (χ0v) is 10.3. The maximum atomic E-state index is 9.40. The Labute approximate surface area is 101 Å². The smallest absolute Gasteiger partial charge is 0.122 e. The number of nitrogens with two attached hydrogens (primary N) is 1. The monoisotopic (exact) mass is 237 g/mol. The second kappa shape index (κ2) is 4.55. The number of rotatable bonds is 5. The van der Waals surface area contributed by atoms with Gasteiger partial charge in [0.1, 0.15) is 11.5 Å². The Kier molecular flexibility index (Phi) is 3.26. The van der Waals surface area contributed by atoms with Gasteiger partial charge in [0.25, 0.3) is 0 Å². The van der Waals surface area contributed by atoms with Crippen molar-refractivity contribution in [2.75, 3.05) is 27.4 Å². The second-order valence-electron chi connectivity index (χ2n) is 4.63. The summed E-state index contributed by atoms with van der Waals surface area (Å²) in [5, 5.41) is 9.40. The molecule has 0 aliphatic heterocycles. The summed E-state index contributed by atoms with van der Waals surface area (Å²) in [6.45, 7) is 0.640. The molecule has 2 atom stereocenters. The van der Waals surface area contributed by atoms with Crippen molar-refractivity contribution in [3.05, 3.63) is 23.8 Å². The first kappa shape index (κ1) is 12.2. The highest BCUT2D eigenvalue weighted by molar-refractivity contribution is 5.43. The molecule has 1 saturated carbocycles. The van der Waals surface area contributed by atoms with Crippen molar-refractivity contribution < 1.29 is 14.6 Å². The minimum atomic E-state index is -0.141. The van der Waals surface area contributed by atoms with Crippen LogP contribution in [0.4, 0.5) is 0 Å². The van der Waals surface area contributed by atoms with Gasteiger partial charge in [-0.1, -0.05) is 0 Å². The molecule has 0 spiro atoms. The average Bonchev–Trinajstić information content (AvgIpc) is 3.13. The van der Waals surface area contributed by atoms with E-state index < -0.39 is 0 Å². The number of methoxy groups -OCH3 is 2. The van der Waals surface area contributed by atoms with Gasteiger partial charge in [-0.25, -0.2) is 0 Å². The third-order valence-corrected chi connectivity index (χ3v) is 3.69. The van der Waals surface area contributed by atoms with Gasteiger partial charge in [-0.05, 0) is 30.0 Å². The quantitative estimate of drug-likeness (QED) is 0.805. The molecule has 94 valence electrons. The highest BCUT2D eigenvalue weighted by Crippen LogP contribution is 2.58. The van der Waals surface area contributed by atoms with E-state index in [0.29, 0.717) is 12.5 Å². The Hall–Kier alpha value is -1.26. The molecule has 0 bridgehead atoms. The SMILES string of the molecule is COc1cc(OC)cc([C@H]2C[C@]2(CN)CO)c1. The number of aliphatic hydroxyl groups is 1. The van der Waals surface area contributed by atoms with Gasteiger partial charge in [0, 0.05) is 18.0 Å². The van der Waals surface area contributed by atoms with E-state index in [2.05, 4.69) is 0 Å². The van der Waals surface area contributed by atoms with Crippen LogP contribution in [0.1, 0.15) is 17.9 Å². The highest BCUT2D eigenvalue weighted by Gasteiger charge is 2.53. The lowest BCUT2D eigenvalue weighted by atomic mass is 9.99. The van der Waals surface area contributed by atoms with Gasteiger partial charge in [0.05, 0.1) is 20.8 Å². The minimum absolute atomic E-state index is 0.133. The molecular formula is C13H19NO3. The molecule has 3 N–H and O–H groups in total. The van der Waals surface area contributed by atoms with Crippen molar-refractivity contribution in [2.24, 2.45) is 11.1 Å². The summed E-state index contributed by atoms with van der Waals surface area (Å²) in [5.74, 6) is 1.85. The van der Waals surface area contributed by atoms with Crippen LogP contribution in [0.25, 0.3) is 0 Å². The van der Waals surface area contributed by atoms with E-state index in [1.54, 1.807) is 14.2 Å². The normalized spacial score (nSPS) is 26.7. The lowest BCUT2D eigenvalue weighted by Crippen LogP contribution is -2.21. The summed E-state index contributed by atoms with van der Waals surface area (Å²) in [6, 6.07) is 5.81. The fourth-order valence-corrected chi connectivity index (χ4v) is 2.31. The summed E-state index contributed by atoms with van der Waals surface area (Å²) in [6.07, 6.45) is 0.927. The topological polar surface area (TPSA) is 64.7 Å². The summed E-state index contributed by atoms with van der Waals surface area (Å²) >= 11 is 0. The van der Waals surface area contributed by atoms with E-state index >= 15 is 0 Å². The van der Waals surface area contributed by atoms with Crippen LogP contribution in [0.15, 0.2) is 18.2 Å². The lowest BCUT2D eigenvalue weighted by Gasteiger charge is -2.13. The first-order chi connectivity index (χ1) is 8.19. The van der Waals surface area contributed by atoms with Crippen molar-refractivity contribution in [1.29, 1.82) is 0 Å². The van der Waals surface area contributed by atoms with Crippen LogP contribution < -0.4 is 15.2 Å². The summed E-state index contributed by atoms with van der Waals surface area (Å²) < 4.78 is 10.5. The molecular weight excluding hydrogens is 218 g/mol. The molecule has 0 unspecified atom stereocenters. The maximum absolute atomic E-state index is 9.40. The molecule has 1 fully saturated rings. The molecule has 1 aromatic rings. The van der Waals surface area contributed by atoms with Gasteiger partial charge in [-0.2, -0.15) is 0 Å². The Morgan fingerprint density at radius 2 is 1.88 bits per heavy atom. The van der Waals surface area contributed by atoms with Crippen molar-refractivity contribution >= 4 is 0 Å². The van der Waals surface area contributed by atoms with Crippen LogP contribution in [-0.2, 0) is 0 Å². The van der Waals surface area contributed by atoms with Gasteiger partial charge >= 0.3 is 0 Å². The van der Waals surface area contributed by atoms with Gasteiger partial charge in [0.2, 0.25) is 0 Å². The molecule has 0 heterocycles. The molecule has 1 aromatic carbocycles. The fraction of sp³-hybridized carbons (Fsp3) is 0.538. The molecule has 0 radical (unpaired) electrons. The number of aliphatic hydroxyl groups excluding tert-OH is 1. The molecule has 0 amide bonds. The third-order valence-electron chi connectivity index (χ3n) is 3.69. The van der Waals surface area contributed by atoms with Gasteiger partial charge in [-0.3, -0.25) is 0 Å². The molecule has 0 aromatic heterocycles. The van der Waals surface area contributed by atoms with Gasteiger partial charge in [-0.15, -0.1) is 0 Å². The summed E-state index contributed by atoms with van der Waals surface area (Å²) in [7, 11) is 3.27. The zero-order valence-electron chi connectivity index (χ0n) is 10.3. The zero-order chi connectivity index (χ0) is 12.5. The van der Waals surface area contributed by atoms with E-state index in [-0.39, 0.29) is 12.0 Å². The number of benzene rings is 1. The molecule has 4 nitrogen and oxygen atoms in total. The first-order valence-corrected chi connectivity index (χ1v) is 5.73. The Morgan fingerprint density at radius 1 is 1.29 bits per heavy atom. The number of ether oxygens (including phenoxy) is 2. The van der Waals surface area contributed by atoms with Crippen LogP contribution in [0.2, 0.25) is 0 Å². The van der Waals surface area contributed by atoms with E-state index in [4.69, 9.17) is 15.2 Å². The summed E-state index contributed by atoms with van der Waals surface area (Å²) in [5.41, 5.74) is 6.71. The first-order valence-electron chi connectivity index (χ1n) is 5.73. The number of hydrogen-bond donors (Lipinski definition) is 2. The molecule has 4 heteroatoms. The van der Waals surface area contributed by atoms with Crippen LogP contribution >= 0.6 is 0 Å². The van der Waals surface area contributed by atoms with Gasteiger partial charge in [0.15, 0.2) is 0 Å². The van der Waals surface area contributed by atoms with E-state index in [0.717, 1.165) is 23.5 Å². The lowest BCUT2D eigenvalue weighted by molar-refractivity contribution is 0.211. The molecule has 2 rings (SSSR count). The second-order valence-corrected chi connectivity index (χ2v) is 4.63. The fourth-order valence-electron chi connectivity index (χ4n) is 2.31. The Bertz CT molecular complexity index is 379. The van der Waals surface area contributed by atoms with Crippen LogP contribution in [0.3, 0.4) is 0 Å². The predicted molar refractivity (Wildman–Crippen MR) is 65.5 cm³/mol. The van der Waals surface area contributed by atoms with E-state index in [9.17, 15) is 5.11 Å². The Morgan fingerprint density at radius 3 is 2.24 bits per heavy atom. The standard InChI is InChI=1S/C13H19NO3/c1-16-10-3-9(4-11(5-10)17-2)12-6-13(12,7-14)8-15/h3-5,12,15H,6-8,14H2,1-2H3/t12-,13+/m1/s1. The van der Waals surface area contributed by atoms with Crippen molar-refractivity contribution in [2.45, 2.75) is 12.3 Å². The van der Waals surface area contributed by atoms with Crippen LogP contribution in [0.5, 0.6) is 11.5 Å². The van der Waals surface area contributed by atoms with Crippen LogP contribution in [-0.4, -0.2) is 32.5 Å². The average molecular weight is 237 g/mol. The van der Waals surface area contributed by atoms with Crippen molar-refractivity contribution in [3.63, 3.8) is 0 Å². The van der Waals surface area contributed by atoms with E-state index in [1.165, 1.54) is 0 Å². The minimum Gasteiger partial charge on any atom is -0.497 e. The molecule has 1 aliphatic carbocycles. The molecule has 17 heavy (non-hydrogen) atoms. The Balaban J connectivity index is 2.28. The predicted octanol–water partition coefficient (Wildman–Crippen LogP) is 1.13. The summed E-state index contributed by atoms with van der Waals surface area (Å²) in [4.78, 5) is 0. The van der Waals surface area contributed by atoms with Crippen molar-refractivity contribution in [3.8, 4) is 11.5 Å². The van der Waals surface area contributed by atoms with E-state index in [1.807, 2.05) is 18.2 Å². The van der Waals surface area contributed by atoms with Gasteiger partial charge < -0.3 is 20.3 Å². The van der Waals surface area contributed by atoms with Crippen LogP contribution in [0, 0.1) is 5.41 Å². The third kappa shape index (κ3) is 2.10. The number of hydrogen-bond acceptors (Lipinski definition) is 4. The molecule has 0 saturated heterocycles. The largest absolute Gasteiger partial charge is 0.497 e.